The van der Waals surface area contributed by atoms with E-state index in [-0.39, 0.29) is 0 Å². The molecule has 3 heteroatoms. The minimum atomic E-state index is 0.326. The lowest BCUT2D eigenvalue weighted by Crippen LogP contribution is -2.66. The fourth-order valence-electron chi connectivity index (χ4n) is 4.66. The van der Waals surface area contributed by atoms with Crippen molar-refractivity contribution in [2.75, 3.05) is 26.7 Å². The third-order valence-electron chi connectivity index (χ3n) is 5.88. The van der Waals surface area contributed by atoms with Crippen LogP contribution in [0, 0.1) is 11.3 Å². The molecule has 3 fully saturated rings. The molecule has 2 aliphatic carbocycles. The van der Waals surface area contributed by atoms with Crippen LogP contribution in [0.25, 0.3) is 0 Å². The third-order valence-corrected chi connectivity index (χ3v) is 5.88. The van der Waals surface area contributed by atoms with Crippen LogP contribution in [0.1, 0.15) is 46.0 Å². The smallest absolute Gasteiger partial charge is 0.0685 e. The van der Waals surface area contributed by atoms with Crippen molar-refractivity contribution >= 4 is 0 Å². The molecule has 19 heavy (non-hydrogen) atoms. The van der Waals surface area contributed by atoms with E-state index in [0.29, 0.717) is 17.6 Å². The first-order valence-electron chi connectivity index (χ1n) is 8.16. The van der Waals surface area contributed by atoms with Crippen LogP contribution in [0.3, 0.4) is 0 Å². The molecule has 0 aromatic heterocycles. The van der Waals surface area contributed by atoms with Crippen molar-refractivity contribution in [3.63, 3.8) is 0 Å². The van der Waals surface area contributed by atoms with Gasteiger partial charge in [-0.3, -0.25) is 0 Å². The van der Waals surface area contributed by atoms with Gasteiger partial charge in [-0.25, -0.2) is 0 Å². The van der Waals surface area contributed by atoms with Crippen molar-refractivity contribution in [3.8, 4) is 0 Å². The minimum Gasteiger partial charge on any atom is -0.377 e. The van der Waals surface area contributed by atoms with Crippen LogP contribution in [0.15, 0.2) is 0 Å². The highest BCUT2D eigenvalue weighted by Gasteiger charge is 2.58. The Morgan fingerprint density at radius 2 is 1.95 bits per heavy atom. The topological polar surface area (TPSA) is 24.5 Å². The molecule has 0 aromatic rings. The highest BCUT2D eigenvalue weighted by molar-refractivity contribution is 5.11. The van der Waals surface area contributed by atoms with Crippen LogP contribution in [0.2, 0.25) is 0 Å². The number of hydrogen-bond acceptors (Lipinski definition) is 3. The lowest BCUT2D eigenvalue weighted by molar-refractivity contribution is -0.112. The Morgan fingerprint density at radius 1 is 1.21 bits per heavy atom. The zero-order valence-corrected chi connectivity index (χ0v) is 12.8. The Balaban J connectivity index is 1.42. The summed E-state index contributed by atoms with van der Waals surface area (Å²) in [7, 11) is 2.30. The van der Waals surface area contributed by atoms with E-state index in [9.17, 15) is 0 Å². The average Bonchev–Trinajstić information content (AvgIpc) is 3.03. The highest BCUT2D eigenvalue weighted by atomic mass is 16.5. The monoisotopic (exact) mass is 266 g/mol. The molecule has 3 nitrogen and oxygen atoms in total. The lowest BCUT2D eigenvalue weighted by Gasteiger charge is -2.55. The van der Waals surface area contributed by atoms with Crippen molar-refractivity contribution in [3.05, 3.63) is 0 Å². The SMILES string of the molecule is CN(CCNC1C2CCOC2C1(C)C)C1CCCC1. The second kappa shape index (κ2) is 5.34. The van der Waals surface area contributed by atoms with Gasteiger partial charge >= 0.3 is 0 Å². The molecule has 1 heterocycles. The fourth-order valence-corrected chi connectivity index (χ4v) is 4.66. The molecule has 1 N–H and O–H groups in total. The zero-order chi connectivity index (χ0) is 13.5. The predicted molar refractivity (Wildman–Crippen MR) is 78.3 cm³/mol. The lowest BCUT2D eigenvalue weighted by atomic mass is 9.57. The molecule has 0 bridgehead atoms. The maximum absolute atomic E-state index is 5.86. The Kier molecular flexibility index (Phi) is 3.89. The van der Waals surface area contributed by atoms with Gasteiger partial charge in [-0.1, -0.05) is 26.7 Å². The number of hydrogen-bond donors (Lipinski definition) is 1. The third kappa shape index (κ3) is 2.45. The van der Waals surface area contributed by atoms with E-state index in [1.165, 1.54) is 38.6 Å². The van der Waals surface area contributed by atoms with Crippen LogP contribution in [0.5, 0.6) is 0 Å². The van der Waals surface area contributed by atoms with E-state index in [1.807, 2.05) is 0 Å². The summed E-state index contributed by atoms with van der Waals surface area (Å²) in [4.78, 5) is 2.56. The van der Waals surface area contributed by atoms with Crippen molar-refractivity contribution in [1.29, 1.82) is 0 Å². The first kappa shape index (κ1) is 13.8. The average molecular weight is 266 g/mol. The van der Waals surface area contributed by atoms with Gasteiger partial charge in [0.05, 0.1) is 6.10 Å². The van der Waals surface area contributed by atoms with Crippen LogP contribution in [-0.4, -0.2) is 49.8 Å². The Labute approximate surface area is 118 Å². The van der Waals surface area contributed by atoms with E-state index >= 15 is 0 Å². The first-order chi connectivity index (χ1) is 9.10. The molecule has 110 valence electrons. The summed E-state index contributed by atoms with van der Waals surface area (Å²) in [5.74, 6) is 0.770. The van der Waals surface area contributed by atoms with Crippen molar-refractivity contribution < 1.29 is 4.74 Å². The molecule has 0 spiro atoms. The van der Waals surface area contributed by atoms with Gasteiger partial charge in [-0.2, -0.15) is 0 Å². The van der Waals surface area contributed by atoms with Crippen LogP contribution in [-0.2, 0) is 4.74 Å². The van der Waals surface area contributed by atoms with E-state index in [2.05, 4.69) is 31.1 Å². The molecule has 0 amide bonds. The standard InChI is InChI=1S/C16H30N2O/c1-16(2)14(13-8-11-19-15(13)16)17-9-10-18(3)12-6-4-5-7-12/h12-15,17H,4-11H2,1-3H3. The quantitative estimate of drug-likeness (QED) is 0.826. The van der Waals surface area contributed by atoms with E-state index < -0.39 is 0 Å². The maximum Gasteiger partial charge on any atom is 0.0685 e. The zero-order valence-electron chi connectivity index (χ0n) is 12.8. The summed E-state index contributed by atoms with van der Waals surface area (Å²) in [6, 6.07) is 1.51. The summed E-state index contributed by atoms with van der Waals surface area (Å²) < 4.78 is 5.86. The second-order valence-electron chi connectivity index (χ2n) is 7.42. The molecule has 3 unspecified atom stereocenters. The fraction of sp³-hybridized carbons (Fsp3) is 1.00. The Morgan fingerprint density at radius 3 is 2.68 bits per heavy atom. The van der Waals surface area contributed by atoms with Gasteiger partial charge in [0.15, 0.2) is 0 Å². The maximum atomic E-state index is 5.86. The van der Waals surface area contributed by atoms with Gasteiger partial charge in [-0.05, 0) is 26.3 Å². The number of nitrogens with one attached hydrogen (secondary N) is 1. The number of likely N-dealkylation sites (N-methyl/N-ethyl adjacent to an activating group) is 1. The molecule has 0 radical (unpaired) electrons. The molecular weight excluding hydrogens is 236 g/mol. The molecular formula is C16H30N2O. The molecule has 2 saturated carbocycles. The molecule has 1 saturated heterocycles. The Hall–Kier alpha value is -0.120. The van der Waals surface area contributed by atoms with Gasteiger partial charge in [0.1, 0.15) is 0 Å². The molecule has 1 aliphatic heterocycles. The number of rotatable bonds is 5. The molecule has 3 atom stereocenters. The van der Waals surface area contributed by atoms with E-state index in [1.54, 1.807) is 0 Å². The normalized spacial score (nSPS) is 37.6. The summed E-state index contributed by atoms with van der Waals surface area (Å²) in [6.07, 6.45) is 7.44. The molecule has 3 aliphatic rings. The predicted octanol–water partition coefficient (Wildman–Crippen LogP) is 2.26. The molecule has 0 aromatic carbocycles. The number of ether oxygens (including phenoxy) is 1. The highest BCUT2D eigenvalue weighted by Crippen LogP contribution is 2.51. The summed E-state index contributed by atoms with van der Waals surface area (Å²) in [6.45, 7) is 8.01. The van der Waals surface area contributed by atoms with Gasteiger partial charge in [0, 0.05) is 43.1 Å². The van der Waals surface area contributed by atoms with E-state index in [4.69, 9.17) is 4.74 Å². The Bertz CT molecular complexity index is 312. The van der Waals surface area contributed by atoms with Gasteiger partial charge in [-0.15, -0.1) is 0 Å². The van der Waals surface area contributed by atoms with Gasteiger partial charge in [0.25, 0.3) is 0 Å². The summed E-state index contributed by atoms with van der Waals surface area (Å²) in [5.41, 5.74) is 0.326. The minimum absolute atomic E-state index is 0.326. The van der Waals surface area contributed by atoms with Crippen LogP contribution < -0.4 is 5.32 Å². The van der Waals surface area contributed by atoms with E-state index in [0.717, 1.165) is 25.1 Å². The number of fused-ring (bicyclic) bond motifs is 1. The van der Waals surface area contributed by atoms with Gasteiger partial charge < -0.3 is 15.0 Å². The van der Waals surface area contributed by atoms with Crippen molar-refractivity contribution in [2.24, 2.45) is 11.3 Å². The van der Waals surface area contributed by atoms with Crippen LogP contribution in [0.4, 0.5) is 0 Å². The summed E-state index contributed by atoms with van der Waals surface area (Å²) in [5, 5.41) is 3.81. The van der Waals surface area contributed by atoms with Crippen molar-refractivity contribution in [2.45, 2.75) is 64.1 Å². The van der Waals surface area contributed by atoms with Gasteiger partial charge in [0.2, 0.25) is 0 Å². The van der Waals surface area contributed by atoms with Crippen LogP contribution >= 0.6 is 0 Å². The number of nitrogens with zero attached hydrogens (tertiary/aromatic N) is 1. The largest absolute Gasteiger partial charge is 0.377 e. The van der Waals surface area contributed by atoms with Crippen molar-refractivity contribution in [1.82, 2.24) is 10.2 Å². The summed E-state index contributed by atoms with van der Waals surface area (Å²) >= 11 is 0. The first-order valence-corrected chi connectivity index (χ1v) is 8.16. The molecule has 3 rings (SSSR count). The second-order valence-corrected chi connectivity index (χ2v) is 7.42.